The van der Waals surface area contributed by atoms with Gasteiger partial charge >= 0.3 is 0 Å². The van der Waals surface area contributed by atoms with Crippen molar-refractivity contribution < 1.29 is 9.53 Å². The van der Waals surface area contributed by atoms with Gasteiger partial charge in [-0.1, -0.05) is 11.6 Å². The van der Waals surface area contributed by atoms with Crippen LogP contribution in [0, 0.1) is 0 Å². The Morgan fingerprint density at radius 3 is 2.95 bits per heavy atom. The molecule has 0 spiro atoms. The predicted molar refractivity (Wildman–Crippen MR) is 81.9 cm³/mol. The summed E-state index contributed by atoms with van der Waals surface area (Å²) in [6.07, 6.45) is 1.12. The van der Waals surface area contributed by atoms with Crippen molar-refractivity contribution in [3.63, 3.8) is 0 Å². The molecule has 1 atom stereocenters. The summed E-state index contributed by atoms with van der Waals surface area (Å²) in [7, 11) is 0. The number of hydrogen-bond donors (Lipinski definition) is 0. The van der Waals surface area contributed by atoms with E-state index in [-0.39, 0.29) is 17.4 Å². The fourth-order valence-electron chi connectivity index (χ4n) is 1.95. The summed E-state index contributed by atoms with van der Waals surface area (Å²) in [5.41, 5.74) is 0. The van der Waals surface area contributed by atoms with E-state index in [9.17, 15) is 4.79 Å². The summed E-state index contributed by atoms with van der Waals surface area (Å²) >= 11 is 9.20. The molecule has 0 radical (unpaired) electrons. The predicted octanol–water partition coefficient (Wildman–Crippen LogP) is 3.79. The number of carbonyl (C=O) groups excluding carboxylic acids is 1. The normalized spacial score (nSPS) is 19.7. The minimum Gasteiger partial charge on any atom is -0.379 e. The lowest BCUT2D eigenvalue weighted by molar-refractivity contribution is -0.128. The Kier molecular flexibility index (Phi) is 5.57. The molecular weight excluding hydrogens is 302 g/mol. The van der Waals surface area contributed by atoms with Gasteiger partial charge in [-0.3, -0.25) is 4.79 Å². The van der Waals surface area contributed by atoms with Gasteiger partial charge in [0.15, 0.2) is 0 Å². The Bertz CT molecular complexity index is 436. The second-order valence-corrected chi connectivity index (χ2v) is 7.48. The lowest BCUT2D eigenvalue weighted by atomic mass is 10.3. The van der Waals surface area contributed by atoms with E-state index in [1.165, 1.54) is 0 Å². The van der Waals surface area contributed by atoms with Gasteiger partial charge in [-0.05, 0) is 32.4 Å². The maximum absolute atomic E-state index is 11.9. The molecule has 1 aromatic rings. The van der Waals surface area contributed by atoms with E-state index in [4.69, 9.17) is 16.3 Å². The molecule has 1 saturated heterocycles. The Morgan fingerprint density at radius 2 is 2.32 bits per heavy atom. The molecule has 1 unspecified atom stereocenters. The molecule has 2 rings (SSSR count). The molecule has 0 N–H and O–H groups in total. The summed E-state index contributed by atoms with van der Waals surface area (Å²) in [5, 5.41) is 0.129. The van der Waals surface area contributed by atoms with Gasteiger partial charge in [0.2, 0.25) is 5.91 Å². The molecule has 0 bridgehead atoms. The summed E-state index contributed by atoms with van der Waals surface area (Å²) in [5.74, 6) is 0.773. The molecule has 1 amide bonds. The number of nitrogens with zero attached hydrogens (tertiary/aromatic N) is 1. The van der Waals surface area contributed by atoms with E-state index in [0.29, 0.717) is 12.4 Å². The topological polar surface area (TPSA) is 29.5 Å². The molecular formula is C13H18ClNO2S2. The van der Waals surface area contributed by atoms with Crippen molar-refractivity contribution in [2.24, 2.45) is 0 Å². The fourth-order valence-corrected chi connectivity index (χ4v) is 4.46. The Morgan fingerprint density at radius 1 is 1.53 bits per heavy atom. The van der Waals surface area contributed by atoms with Gasteiger partial charge in [0.25, 0.3) is 0 Å². The van der Waals surface area contributed by atoms with Gasteiger partial charge < -0.3 is 9.64 Å². The maximum atomic E-state index is 11.9. The molecule has 0 aromatic carbocycles. The van der Waals surface area contributed by atoms with Crippen molar-refractivity contribution in [1.82, 2.24) is 4.90 Å². The maximum Gasteiger partial charge on any atom is 0.233 e. The average molecular weight is 320 g/mol. The molecule has 3 nitrogen and oxygen atoms in total. The highest BCUT2D eigenvalue weighted by molar-refractivity contribution is 8.00. The molecule has 0 saturated carbocycles. The minimum absolute atomic E-state index is 0.129. The van der Waals surface area contributed by atoms with Gasteiger partial charge in [-0.25, -0.2) is 0 Å². The number of rotatable bonds is 6. The standard InChI is InChI=1S/C13H18ClNO2S2/c1-9(2)17-7-3-6-15-12(16)8-18-13(15)10-4-5-11(14)19-10/h4-5,9,13H,3,6-8H2,1-2H3. The quantitative estimate of drug-likeness (QED) is 0.747. The first-order valence-electron chi connectivity index (χ1n) is 6.36. The molecule has 2 heterocycles. The van der Waals surface area contributed by atoms with E-state index in [2.05, 4.69) is 0 Å². The van der Waals surface area contributed by atoms with Crippen LogP contribution in [0.4, 0.5) is 0 Å². The third-order valence-corrected chi connectivity index (χ3v) is 5.47. The van der Waals surface area contributed by atoms with Crippen molar-refractivity contribution in [3.05, 3.63) is 21.3 Å². The van der Waals surface area contributed by atoms with Crippen molar-refractivity contribution in [3.8, 4) is 0 Å². The summed E-state index contributed by atoms with van der Waals surface area (Å²) in [6.45, 7) is 5.49. The molecule has 106 valence electrons. The van der Waals surface area contributed by atoms with E-state index in [1.54, 1.807) is 23.1 Å². The van der Waals surface area contributed by atoms with Crippen LogP contribution < -0.4 is 0 Å². The zero-order valence-electron chi connectivity index (χ0n) is 11.1. The van der Waals surface area contributed by atoms with Crippen LogP contribution in [0.5, 0.6) is 0 Å². The van der Waals surface area contributed by atoms with Crippen molar-refractivity contribution >= 4 is 40.6 Å². The van der Waals surface area contributed by atoms with Crippen molar-refractivity contribution in [2.45, 2.75) is 31.7 Å². The number of thiophene rings is 1. The summed E-state index contributed by atoms with van der Waals surface area (Å²) in [4.78, 5) is 15.0. The largest absolute Gasteiger partial charge is 0.379 e. The van der Waals surface area contributed by atoms with Crippen LogP contribution in [-0.4, -0.2) is 35.8 Å². The molecule has 1 aliphatic rings. The van der Waals surface area contributed by atoms with E-state index in [0.717, 1.165) is 22.2 Å². The van der Waals surface area contributed by atoms with Crippen molar-refractivity contribution in [1.29, 1.82) is 0 Å². The molecule has 1 aromatic heterocycles. The van der Waals surface area contributed by atoms with Gasteiger partial charge in [0.1, 0.15) is 5.37 Å². The summed E-state index contributed by atoms with van der Waals surface area (Å²) < 4.78 is 6.29. The van der Waals surface area contributed by atoms with E-state index in [1.807, 2.05) is 30.9 Å². The third-order valence-electron chi connectivity index (χ3n) is 2.80. The van der Waals surface area contributed by atoms with Gasteiger partial charge in [0.05, 0.1) is 16.2 Å². The SMILES string of the molecule is CC(C)OCCCN1C(=O)CSC1c1ccc(Cl)s1. The molecule has 1 aliphatic heterocycles. The average Bonchev–Trinajstić information content (AvgIpc) is 2.91. The highest BCUT2D eigenvalue weighted by Crippen LogP contribution is 2.42. The highest BCUT2D eigenvalue weighted by atomic mass is 35.5. The highest BCUT2D eigenvalue weighted by Gasteiger charge is 2.33. The van der Waals surface area contributed by atoms with Crippen LogP contribution in [0.15, 0.2) is 12.1 Å². The number of ether oxygens (including phenoxy) is 1. The van der Waals surface area contributed by atoms with Crippen LogP contribution in [0.1, 0.15) is 30.5 Å². The Balaban J connectivity index is 1.90. The van der Waals surface area contributed by atoms with Gasteiger partial charge in [-0.15, -0.1) is 23.1 Å². The molecule has 19 heavy (non-hydrogen) atoms. The summed E-state index contributed by atoms with van der Waals surface area (Å²) in [6, 6.07) is 3.91. The lowest BCUT2D eigenvalue weighted by Crippen LogP contribution is -2.29. The van der Waals surface area contributed by atoms with Crippen LogP contribution in [0.25, 0.3) is 0 Å². The third kappa shape index (κ3) is 4.12. The van der Waals surface area contributed by atoms with Gasteiger partial charge in [-0.2, -0.15) is 0 Å². The van der Waals surface area contributed by atoms with E-state index >= 15 is 0 Å². The molecule has 0 aliphatic carbocycles. The van der Waals surface area contributed by atoms with Crippen LogP contribution >= 0.6 is 34.7 Å². The minimum atomic E-state index is 0.129. The first kappa shape index (κ1) is 15.2. The number of carbonyl (C=O) groups is 1. The Hall–Kier alpha value is -0.230. The first-order chi connectivity index (χ1) is 9.08. The number of halogens is 1. The lowest BCUT2D eigenvalue weighted by Gasteiger charge is -2.23. The van der Waals surface area contributed by atoms with Crippen LogP contribution in [-0.2, 0) is 9.53 Å². The zero-order valence-corrected chi connectivity index (χ0v) is 13.5. The smallest absolute Gasteiger partial charge is 0.233 e. The fraction of sp³-hybridized carbons (Fsp3) is 0.615. The second kappa shape index (κ2) is 6.97. The molecule has 1 fully saturated rings. The number of hydrogen-bond acceptors (Lipinski definition) is 4. The van der Waals surface area contributed by atoms with E-state index < -0.39 is 0 Å². The van der Waals surface area contributed by atoms with Gasteiger partial charge in [0, 0.05) is 18.0 Å². The van der Waals surface area contributed by atoms with Crippen LogP contribution in [0.3, 0.4) is 0 Å². The zero-order chi connectivity index (χ0) is 13.8. The Labute approximate surface area is 127 Å². The first-order valence-corrected chi connectivity index (χ1v) is 8.60. The van der Waals surface area contributed by atoms with Crippen LogP contribution in [0.2, 0.25) is 4.34 Å². The van der Waals surface area contributed by atoms with Crippen molar-refractivity contribution in [2.75, 3.05) is 18.9 Å². The second-order valence-electron chi connectivity index (χ2n) is 4.67. The molecule has 6 heteroatoms. The monoisotopic (exact) mass is 319 g/mol. The number of amides is 1. The number of thioether (sulfide) groups is 1.